The highest BCUT2D eigenvalue weighted by Crippen LogP contribution is 2.38. The van der Waals surface area contributed by atoms with E-state index < -0.39 is 22.5 Å². The van der Waals surface area contributed by atoms with Gasteiger partial charge in [0.2, 0.25) is 5.95 Å². The molecule has 0 aliphatic carbocycles. The lowest BCUT2D eigenvalue weighted by Crippen LogP contribution is -2.19. The Kier molecular flexibility index (Phi) is 6.47. The Balaban J connectivity index is 1.92. The number of non-ortho nitro benzene ring substituents is 1. The van der Waals surface area contributed by atoms with E-state index in [2.05, 4.69) is 15.3 Å². The molecule has 3 rings (SSSR count). The molecule has 3 aromatic rings. The maximum Gasteiger partial charge on any atom is 0.421 e. The number of rotatable bonds is 7. The van der Waals surface area contributed by atoms with Crippen molar-refractivity contribution in [2.45, 2.75) is 26.1 Å². The lowest BCUT2D eigenvalue weighted by molar-refractivity contribution is -0.384. The number of hydrogen-bond acceptors (Lipinski definition) is 7. The molecule has 32 heavy (non-hydrogen) atoms. The summed E-state index contributed by atoms with van der Waals surface area (Å²) in [7, 11) is 1.39. The van der Waals surface area contributed by atoms with E-state index in [1.165, 1.54) is 36.2 Å². The van der Waals surface area contributed by atoms with E-state index in [9.17, 15) is 23.3 Å². The molecule has 0 saturated heterocycles. The standard InChI is InChI=1S/C21H20F3N5O3/c1-13(2)32-17-10-4-14(5-11-17)26-20-25-12-18(21(22,23)24)19(27-20)28(3)15-6-8-16(9-7-15)29(30)31/h4-13H,1-3H3,(H,25,26,27). The molecule has 1 N–H and O–H groups in total. The molecule has 0 spiro atoms. The molecule has 0 radical (unpaired) electrons. The average molecular weight is 447 g/mol. The Morgan fingerprint density at radius 1 is 1.09 bits per heavy atom. The van der Waals surface area contributed by atoms with Crippen LogP contribution in [0.3, 0.4) is 0 Å². The molecule has 1 aromatic heterocycles. The van der Waals surface area contributed by atoms with Crippen molar-refractivity contribution in [1.29, 1.82) is 0 Å². The lowest BCUT2D eigenvalue weighted by atomic mass is 10.2. The van der Waals surface area contributed by atoms with Gasteiger partial charge < -0.3 is 15.0 Å². The van der Waals surface area contributed by atoms with Crippen molar-refractivity contribution in [3.8, 4) is 5.75 Å². The molecule has 0 amide bonds. The molecule has 168 valence electrons. The number of halogens is 3. The molecule has 0 bridgehead atoms. The van der Waals surface area contributed by atoms with Crippen LogP contribution in [0.25, 0.3) is 0 Å². The minimum Gasteiger partial charge on any atom is -0.491 e. The molecule has 0 unspecified atom stereocenters. The lowest BCUT2D eigenvalue weighted by Gasteiger charge is -2.22. The average Bonchev–Trinajstić information content (AvgIpc) is 2.73. The Morgan fingerprint density at radius 3 is 2.25 bits per heavy atom. The van der Waals surface area contributed by atoms with E-state index in [4.69, 9.17) is 4.74 Å². The summed E-state index contributed by atoms with van der Waals surface area (Å²) in [5.74, 6) is 0.209. The normalized spacial score (nSPS) is 11.3. The molecule has 0 saturated carbocycles. The smallest absolute Gasteiger partial charge is 0.421 e. The van der Waals surface area contributed by atoms with Crippen molar-refractivity contribution in [2.24, 2.45) is 0 Å². The highest BCUT2D eigenvalue weighted by Gasteiger charge is 2.36. The first-order chi connectivity index (χ1) is 15.0. The number of alkyl halides is 3. The van der Waals surface area contributed by atoms with Gasteiger partial charge in [-0.25, -0.2) is 4.98 Å². The Bertz CT molecular complexity index is 1090. The van der Waals surface area contributed by atoms with E-state index in [1.54, 1.807) is 24.3 Å². The van der Waals surface area contributed by atoms with Crippen molar-refractivity contribution in [1.82, 2.24) is 9.97 Å². The molecule has 0 atom stereocenters. The molecule has 0 aliphatic heterocycles. The zero-order valence-electron chi connectivity index (χ0n) is 17.4. The van der Waals surface area contributed by atoms with E-state index in [0.29, 0.717) is 23.3 Å². The van der Waals surface area contributed by atoms with Crippen LogP contribution in [0, 0.1) is 10.1 Å². The molecular weight excluding hydrogens is 427 g/mol. The minimum atomic E-state index is -4.70. The number of aromatic nitrogens is 2. The van der Waals surface area contributed by atoms with Gasteiger partial charge in [0.25, 0.3) is 5.69 Å². The van der Waals surface area contributed by atoms with Crippen molar-refractivity contribution in [2.75, 3.05) is 17.3 Å². The number of nitrogens with zero attached hydrogens (tertiary/aromatic N) is 4. The molecular formula is C21H20F3N5O3. The van der Waals surface area contributed by atoms with E-state index in [0.717, 1.165) is 0 Å². The van der Waals surface area contributed by atoms with Crippen LogP contribution in [0.5, 0.6) is 5.75 Å². The third-order valence-electron chi connectivity index (χ3n) is 4.32. The van der Waals surface area contributed by atoms with Gasteiger partial charge in [-0.2, -0.15) is 18.2 Å². The Labute approximate surface area is 181 Å². The minimum absolute atomic E-state index is 0.00423. The maximum absolute atomic E-state index is 13.6. The number of nitro benzene ring substituents is 1. The summed E-state index contributed by atoms with van der Waals surface area (Å²) in [6.45, 7) is 3.79. The first kappa shape index (κ1) is 22.8. The van der Waals surface area contributed by atoms with Crippen LogP contribution in [-0.2, 0) is 6.18 Å². The number of nitro groups is 1. The van der Waals surface area contributed by atoms with E-state index in [-0.39, 0.29) is 17.7 Å². The van der Waals surface area contributed by atoms with Gasteiger partial charge in [0.05, 0.1) is 11.0 Å². The summed E-state index contributed by atoms with van der Waals surface area (Å²) < 4.78 is 46.3. The number of ether oxygens (including phenoxy) is 1. The molecule has 2 aromatic carbocycles. The summed E-state index contributed by atoms with van der Waals surface area (Å²) in [6, 6.07) is 11.9. The van der Waals surface area contributed by atoms with Crippen LogP contribution in [0.4, 0.5) is 42.0 Å². The summed E-state index contributed by atoms with van der Waals surface area (Å²) in [5, 5.41) is 13.7. The summed E-state index contributed by atoms with van der Waals surface area (Å²) in [5.41, 5.74) is -0.358. The molecule has 11 heteroatoms. The number of nitrogens with one attached hydrogen (secondary N) is 1. The van der Waals surface area contributed by atoms with Gasteiger partial charge in [-0.15, -0.1) is 0 Å². The quantitative estimate of drug-likeness (QED) is 0.367. The fraction of sp³-hybridized carbons (Fsp3) is 0.238. The highest BCUT2D eigenvalue weighted by molar-refractivity contribution is 5.66. The van der Waals surface area contributed by atoms with Gasteiger partial charge in [-0.1, -0.05) is 0 Å². The largest absolute Gasteiger partial charge is 0.491 e. The number of anilines is 4. The molecule has 8 nitrogen and oxygen atoms in total. The van der Waals surface area contributed by atoms with Crippen LogP contribution in [0.15, 0.2) is 54.7 Å². The van der Waals surface area contributed by atoms with Gasteiger partial charge in [-0.3, -0.25) is 10.1 Å². The van der Waals surface area contributed by atoms with Crippen LogP contribution in [0.1, 0.15) is 19.4 Å². The molecule has 0 aliphatic rings. The summed E-state index contributed by atoms with van der Waals surface area (Å²) in [6.07, 6.45) is -3.99. The number of hydrogen-bond donors (Lipinski definition) is 1. The Hall–Kier alpha value is -3.89. The van der Waals surface area contributed by atoms with Crippen LogP contribution in [0.2, 0.25) is 0 Å². The zero-order valence-corrected chi connectivity index (χ0v) is 17.4. The van der Waals surface area contributed by atoms with Gasteiger partial charge in [0, 0.05) is 36.8 Å². The second kappa shape index (κ2) is 9.08. The van der Waals surface area contributed by atoms with Crippen molar-refractivity contribution < 1.29 is 22.8 Å². The highest BCUT2D eigenvalue weighted by atomic mass is 19.4. The van der Waals surface area contributed by atoms with Gasteiger partial charge in [-0.05, 0) is 50.2 Å². The van der Waals surface area contributed by atoms with Crippen LogP contribution in [-0.4, -0.2) is 28.0 Å². The van der Waals surface area contributed by atoms with Gasteiger partial charge in [0.15, 0.2) is 5.82 Å². The molecule has 1 heterocycles. The predicted octanol–water partition coefficient (Wildman–Crippen LogP) is 5.70. The fourth-order valence-corrected chi connectivity index (χ4v) is 2.83. The van der Waals surface area contributed by atoms with Crippen molar-refractivity contribution in [3.05, 3.63) is 70.4 Å². The van der Waals surface area contributed by atoms with E-state index >= 15 is 0 Å². The van der Waals surface area contributed by atoms with Gasteiger partial charge in [0.1, 0.15) is 11.3 Å². The second-order valence-corrected chi connectivity index (χ2v) is 7.08. The third kappa shape index (κ3) is 5.42. The maximum atomic E-state index is 13.6. The SMILES string of the molecule is CC(C)Oc1ccc(Nc2ncc(C(F)(F)F)c(N(C)c3ccc([N+](=O)[O-])cc3)n2)cc1. The molecule has 0 fully saturated rings. The number of benzene rings is 2. The van der Waals surface area contributed by atoms with Crippen LogP contribution < -0.4 is 15.0 Å². The summed E-state index contributed by atoms with van der Waals surface area (Å²) >= 11 is 0. The van der Waals surface area contributed by atoms with Gasteiger partial charge >= 0.3 is 6.18 Å². The monoisotopic (exact) mass is 447 g/mol. The first-order valence-corrected chi connectivity index (χ1v) is 9.51. The second-order valence-electron chi connectivity index (χ2n) is 7.08. The third-order valence-corrected chi connectivity index (χ3v) is 4.32. The van der Waals surface area contributed by atoms with Crippen molar-refractivity contribution >= 4 is 28.8 Å². The zero-order chi connectivity index (χ0) is 23.5. The summed E-state index contributed by atoms with van der Waals surface area (Å²) in [4.78, 5) is 19.3. The topological polar surface area (TPSA) is 93.4 Å². The van der Waals surface area contributed by atoms with Crippen molar-refractivity contribution in [3.63, 3.8) is 0 Å². The van der Waals surface area contributed by atoms with Crippen LogP contribution >= 0.6 is 0 Å². The van der Waals surface area contributed by atoms with E-state index in [1.807, 2.05) is 13.8 Å². The Morgan fingerprint density at radius 2 is 1.72 bits per heavy atom. The first-order valence-electron chi connectivity index (χ1n) is 9.51. The predicted molar refractivity (Wildman–Crippen MR) is 114 cm³/mol. The fourth-order valence-electron chi connectivity index (χ4n) is 2.83.